The van der Waals surface area contributed by atoms with E-state index in [1.54, 1.807) is 38.5 Å². The minimum atomic E-state index is -0.833. The molecule has 0 spiro atoms. The van der Waals surface area contributed by atoms with E-state index in [1.165, 1.54) is 4.90 Å². The zero-order valence-corrected chi connectivity index (χ0v) is 12.7. The number of aromatic nitrogens is 1. The summed E-state index contributed by atoms with van der Waals surface area (Å²) in [6.07, 6.45) is 3.21. The van der Waals surface area contributed by atoms with Crippen molar-refractivity contribution in [3.05, 3.63) is 24.5 Å². The summed E-state index contributed by atoms with van der Waals surface area (Å²) in [4.78, 5) is 30.1. The van der Waals surface area contributed by atoms with Gasteiger partial charge < -0.3 is 9.64 Å². The topological polar surface area (TPSA) is 59.5 Å². The summed E-state index contributed by atoms with van der Waals surface area (Å²) in [7, 11) is 1.65. The van der Waals surface area contributed by atoms with Crippen molar-refractivity contribution in [1.82, 2.24) is 4.98 Å². The fourth-order valence-corrected chi connectivity index (χ4v) is 1.94. The van der Waals surface area contributed by atoms with Gasteiger partial charge >= 0.3 is 5.97 Å². The Balaban J connectivity index is 3.03. The molecule has 5 heteroatoms. The SMILES string of the molecule is CCOC(=O)C(C(=O)N(C)c1ccncc1)C(C)(C)C. The predicted octanol–water partition coefficient (Wildman–Crippen LogP) is 2.27. The lowest BCUT2D eigenvalue weighted by atomic mass is 9.79. The number of esters is 1. The first-order chi connectivity index (χ1) is 9.29. The van der Waals surface area contributed by atoms with Crippen LogP contribution in [0.5, 0.6) is 0 Å². The quantitative estimate of drug-likeness (QED) is 0.626. The van der Waals surface area contributed by atoms with Gasteiger partial charge in [0.1, 0.15) is 5.92 Å². The lowest BCUT2D eigenvalue weighted by Crippen LogP contribution is -2.44. The van der Waals surface area contributed by atoms with Crippen molar-refractivity contribution in [1.29, 1.82) is 0 Å². The number of carbonyl (C=O) groups is 2. The maximum atomic E-state index is 12.6. The van der Waals surface area contributed by atoms with Gasteiger partial charge in [0.15, 0.2) is 0 Å². The number of hydrogen-bond donors (Lipinski definition) is 0. The molecule has 0 saturated heterocycles. The van der Waals surface area contributed by atoms with Gasteiger partial charge in [0.25, 0.3) is 0 Å². The number of anilines is 1. The van der Waals surface area contributed by atoms with Gasteiger partial charge in [-0.1, -0.05) is 20.8 Å². The zero-order valence-electron chi connectivity index (χ0n) is 12.7. The Bertz CT molecular complexity index is 466. The molecule has 110 valence electrons. The summed E-state index contributed by atoms with van der Waals surface area (Å²) in [5.74, 6) is -1.59. The summed E-state index contributed by atoms with van der Waals surface area (Å²) in [5, 5.41) is 0. The van der Waals surface area contributed by atoms with Crippen LogP contribution in [0.25, 0.3) is 0 Å². The van der Waals surface area contributed by atoms with Crippen molar-refractivity contribution in [2.45, 2.75) is 27.7 Å². The molecule has 1 unspecified atom stereocenters. The highest BCUT2D eigenvalue weighted by molar-refractivity contribution is 6.06. The third-order valence-electron chi connectivity index (χ3n) is 3.02. The van der Waals surface area contributed by atoms with Crippen molar-refractivity contribution in [3.63, 3.8) is 0 Å². The van der Waals surface area contributed by atoms with E-state index in [1.807, 2.05) is 20.8 Å². The molecule has 0 aliphatic heterocycles. The number of hydrogen-bond acceptors (Lipinski definition) is 4. The number of nitrogens with zero attached hydrogens (tertiary/aromatic N) is 2. The number of carbonyl (C=O) groups excluding carboxylic acids is 2. The Kier molecular flexibility index (Phi) is 5.25. The molecular formula is C15H22N2O3. The molecule has 0 fully saturated rings. The van der Waals surface area contributed by atoms with Crippen molar-refractivity contribution >= 4 is 17.6 Å². The molecule has 20 heavy (non-hydrogen) atoms. The highest BCUT2D eigenvalue weighted by Gasteiger charge is 2.40. The molecule has 0 bridgehead atoms. The minimum absolute atomic E-state index is 0.262. The Morgan fingerprint density at radius 2 is 1.85 bits per heavy atom. The van der Waals surface area contributed by atoms with Gasteiger partial charge in [-0.3, -0.25) is 14.6 Å². The van der Waals surface area contributed by atoms with Gasteiger partial charge in [-0.25, -0.2) is 0 Å². The minimum Gasteiger partial charge on any atom is -0.465 e. The molecule has 1 amide bonds. The van der Waals surface area contributed by atoms with Crippen LogP contribution in [-0.2, 0) is 14.3 Å². The second-order valence-corrected chi connectivity index (χ2v) is 5.65. The van der Waals surface area contributed by atoms with Crippen molar-refractivity contribution < 1.29 is 14.3 Å². The van der Waals surface area contributed by atoms with Crippen LogP contribution in [-0.4, -0.2) is 30.5 Å². The highest BCUT2D eigenvalue weighted by Crippen LogP contribution is 2.30. The van der Waals surface area contributed by atoms with Crippen LogP contribution in [0.2, 0.25) is 0 Å². The summed E-state index contributed by atoms with van der Waals surface area (Å²) in [6, 6.07) is 3.45. The summed E-state index contributed by atoms with van der Waals surface area (Å²) < 4.78 is 5.04. The number of pyridine rings is 1. The van der Waals surface area contributed by atoms with E-state index in [4.69, 9.17) is 4.74 Å². The molecule has 0 saturated carbocycles. The van der Waals surface area contributed by atoms with Crippen LogP contribution in [0.1, 0.15) is 27.7 Å². The molecule has 1 rings (SSSR count). The Hall–Kier alpha value is -1.91. The van der Waals surface area contributed by atoms with Crippen LogP contribution in [0, 0.1) is 11.3 Å². The van der Waals surface area contributed by atoms with Crippen molar-refractivity contribution in [2.24, 2.45) is 11.3 Å². The average molecular weight is 278 g/mol. The third kappa shape index (κ3) is 3.79. The number of amides is 1. The predicted molar refractivity (Wildman–Crippen MR) is 77.2 cm³/mol. The standard InChI is InChI=1S/C15H22N2O3/c1-6-20-14(19)12(15(2,3)4)13(18)17(5)11-7-9-16-10-8-11/h7-10,12H,6H2,1-5H3. The van der Waals surface area contributed by atoms with E-state index < -0.39 is 17.3 Å². The highest BCUT2D eigenvalue weighted by atomic mass is 16.5. The summed E-state index contributed by atoms with van der Waals surface area (Å²) in [5.41, 5.74) is 0.188. The zero-order chi connectivity index (χ0) is 15.3. The number of ether oxygens (including phenoxy) is 1. The molecule has 1 aromatic heterocycles. The van der Waals surface area contributed by atoms with Crippen LogP contribution in [0.4, 0.5) is 5.69 Å². The first-order valence-corrected chi connectivity index (χ1v) is 6.63. The lowest BCUT2D eigenvalue weighted by molar-refractivity contribution is -0.155. The molecule has 1 aromatic rings. The third-order valence-corrected chi connectivity index (χ3v) is 3.02. The van der Waals surface area contributed by atoms with E-state index in [2.05, 4.69) is 4.98 Å². The average Bonchev–Trinajstić information content (AvgIpc) is 2.37. The first-order valence-electron chi connectivity index (χ1n) is 6.63. The maximum Gasteiger partial charge on any atom is 0.319 e. The van der Waals surface area contributed by atoms with Gasteiger partial charge in [-0.2, -0.15) is 0 Å². The number of rotatable bonds is 4. The van der Waals surface area contributed by atoms with Crippen molar-refractivity contribution in [2.75, 3.05) is 18.6 Å². The van der Waals surface area contributed by atoms with Gasteiger partial charge in [0.2, 0.25) is 5.91 Å². The van der Waals surface area contributed by atoms with Gasteiger partial charge in [-0.05, 0) is 24.5 Å². The van der Waals surface area contributed by atoms with Crippen LogP contribution in [0.3, 0.4) is 0 Å². The summed E-state index contributed by atoms with van der Waals surface area (Å²) >= 11 is 0. The smallest absolute Gasteiger partial charge is 0.319 e. The molecule has 0 aliphatic carbocycles. The first kappa shape index (κ1) is 16.1. The fraction of sp³-hybridized carbons (Fsp3) is 0.533. The van der Waals surface area contributed by atoms with Crippen molar-refractivity contribution in [3.8, 4) is 0 Å². The van der Waals surface area contributed by atoms with Crippen LogP contribution < -0.4 is 4.90 Å². The van der Waals surface area contributed by atoms with E-state index >= 15 is 0 Å². The van der Waals surface area contributed by atoms with Crippen LogP contribution in [0.15, 0.2) is 24.5 Å². The largest absolute Gasteiger partial charge is 0.465 e. The normalized spacial score (nSPS) is 12.7. The van der Waals surface area contributed by atoms with Gasteiger partial charge in [-0.15, -0.1) is 0 Å². The van der Waals surface area contributed by atoms with Gasteiger partial charge in [0, 0.05) is 25.1 Å². The second kappa shape index (κ2) is 6.50. The fourth-order valence-electron chi connectivity index (χ4n) is 1.94. The molecule has 0 aliphatic rings. The van der Waals surface area contributed by atoms with E-state index in [0.29, 0.717) is 5.69 Å². The molecule has 1 heterocycles. The molecule has 0 radical (unpaired) electrons. The molecular weight excluding hydrogens is 256 g/mol. The Labute approximate surface area is 119 Å². The van der Waals surface area contributed by atoms with Gasteiger partial charge in [0.05, 0.1) is 6.61 Å². The van der Waals surface area contributed by atoms with E-state index in [-0.39, 0.29) is 12.5 Å². The molecule has 5 nitrogen and oxygen atoms in total. The van der Waals surface area contributed by atoms with E-state index in [0.717, 1.165) is 0 Å². The Morgan fingerprint density at radius 1 is 1.30 bits per heavy atom. The Morgan fingerprint density at radius 3 is 2.30 bits per heavy atom. The molecule has 0 aromatic carbocycles. The van der Waals surface area contributed by atoms with Crippen LogP contribution >= 0.6 is 0 Å². The van der Waals surface area contributed by atoms with E-state index in [9.17, 15) is 9.59 Å². The molecule has 0 N–H and O–H groups in total. The second-order valence-electron chi connectivity index (χ2n) is 5.65. The monoisotopic (exact) mass is 278 g/mol. The lowest BCUT2D eigenvalue weighted by Gasteiger charge is -2.31. The molecule has 1 atom stereocenters. The summed E-state index contributed by atoms with van der Waals surface area (Å²) in [6.45, 7) is 7.55. The maximum absolute atomic E-state index is 12.6.